The van der Waals surface area contributed by atoms with Crippen molar-refractivity contribution in [3.63, 3.8) is 0 Å². The number of hydrogen-bond acceptors (Lipinski definition) is 3. The van der Waals surface area contributed by atoms with E-state index in [1.165, 1.54) is 0 Å². The molecular weight excluding hydrogens is 244 g/mol. The fraction of sp³-hybridized carbons (Fsp3) is 0.786. The number of aldehydes is 1. The van der Waals surface area contributed by atoms with E-state index in [2.05, 4.69) is 5.32 Å². The molecule has 1 fully saturated rings. The summed E-state index contributed by atoms with van der Waals surface area (Å²) in [4.78, 5) is 34.5. The second-order valence-corrected chi connectivity index (χ2v) is 5.78. The molecule has 1 rings (SSSR count). The van der Waals surface area contributed by atoms with E-state index >= 15 is 0 Å². The van der Waals surface area contributed by atoms with Crippen molar-refractivity contribution in [1.29, 1.82) is 0 Å². The molecule has 0 spiro atoms. The van der Waals surface area contributed by atoms with Gasteiger partial charge in [-0.1, -0.05) is 26.7 Å². The Balaban J connectivity index is 2.63. The number of amides is 2. The zero-order valence-electron chi connectivity index (χ0n) is 11.7. The first-order chi connectivity index (χ1) is 8.95. The van der Waals surface area contributed by atoms with Crippen molar-refractivity contribution in [3.8, 4) is 0 Å². The Morgan fingerprint density at radius 1 is 1.26 bits per heavy atom. The maximum atomic E-state index is 12.2. The van der Waals surface area contributed by atoms with Crippen LogP contribution in [0.3, 0.4) is 0 Å². The first-order valence-corrected chi connectivity index (χ1v) is 7.00. The van der Waals surface area contributed by atoms with E-state index in [9.17, 15) is 14.4 Å². The topological polar surface area (TPSA) is 89.3 Å². The summed E-state index contributed by atoms with van der Waals surface area (Å²) in [6.07, 6.45) is 4.58. The highest BCUT2D eigenvalue weighted by molar-refractivity contribution is 5.88. The van der Waals surface area contributed by atoms with Gasteiger partial charge in [-0.05, 0) is 25.2 Å². The highest BCUT2D eigenvalue weighted by Crippen LogP contribution is 2.30. The van der Waals surface area contributed by atoms with Crippen molar-refractivity contribution in [2.45, 2.75) is 52.0 Å². The number of nitrogens with two attached hydrogens (primary N) is 1. The van der Waals surface area contributed by atoms with Crippen LogP contribution in [0, 0.1) is 17.8 Å². The summed E-state index contributed by atoms with van der Waals surface area (Å²) in [5.41, 5.74) is 5.35. The third-order valence-corrected chi connectivity index (χ3v) is 3.69. The van der Waals surface area contributed by atoms with Gasteiger partial charge in [0, 0.05) is 11.8 Å². The molecule has 0 saturated heterocycles. The molecule has 1 saturated carbocycles. The molecule has 3 N–H and O–H groups in total. The summed E-state index contributed by atoms with van der Waals surface area (Å²) in [6.45, 7) is 3.99. The SMILES string of the molecule is CC(C)C[C@@H](C=O)NC(=O)[C@@H]1CCCC[C@@H]1C(N)=O. The van der Waals surface area contributed by atoms with Crippen LogP contribution in [0.1, 0.15) is 46.0 Å². The summed E-state index contributed by atoms with van der Waals surface area (Å²) in [5.74, 6) is -1.05. The standard InChI is InChI=1S/C14H24N2O3/c1-9(2)7-10(8-17)16-14(19)12-6-4-3-5-11(12)13(15)18/h8-12H,3-7H2,1-2H3,(H2,15,18)(H,16,19)/t10-,11-,12+/m0/s1. The van der Waals surface area contributed by atoms with Crippen molar-refractivity contribution >= 4 is 18.1 Å². The molecule has 19 heavy (non-hydrogen) atoms. The molecule has 0 aromatic rings. The number of carbonyl (C=O) groups is 3. The lowest BCUT2D eigenvalue weighted by atomic mass is 9.78. The van der Waals surface area contributed by atoms with Crippen LogP contribution in [-0.2, 0) is 14.4 Å². The molecule has 108 valence electrons. The first kappa shape index (κ1) is 15.7. The lowest BCUT2D eigenvalue weighted by molar-refractivity contribution is -0.136. The molecule has 0 heterocycles. The first-order valence-electron chi connectivity index (χ1n) is 7.00. The van der Waals surface area contributed by atoms with Gasteiger partial charge < -0.3 is 15.8 Å². The maximum absolute atomic E-state index is 12.2. The van der Waals surface area contributed by atoms with Gasteiger partial charge in [-0.15, -0.1) is 0 Å². The van der Waals surface area contributed by atoms with Crippen LogP contribution in [0.2, 0.25) is 0 Å². The second-order valence-electron chi connectivity index (χ2n) is 5.78. The zero-order chi connectivity index (χ0) is 14.4. The summed E-state index contributed by atoms with van der Waals surface area (Å²) in [6, 6.07) is -0.469. The van der Waals surface area contributed by atoms with E-state index in [1.807, 2.05) is 13.8 Å². The normalized spacial score (nSPS) is 24.8. The maximum Gasteiger partial charge on any atom is 0.224 e. The Morgan fingerprint density at radius 3 is 2.32 bits per heavy atom. The second kappa shape index (κ2) is 7.26. The quantitative estimate of drug-likeness (QED) is 0.704. The predicted octanol–water partition coefficient (Wildman–Crippen LogP) is 1.01. The molecule has 0 aliphatic heterocycles. The average molecular weight is 268 g/mol. The van der Waals surface area contributed by atoms with E-state index in [4.69, 9.17) is 5.73 Å². The molecule has 0 unspecified atom stereocenters. The molecule has 0 aromatic carbocycles. The molecular formula is C14H24N2O3. The highest BCUT2D eigenvalue weighted by Gasteiger charge is 2.35. The Bertz CT molecular complexity index is 342. The van der Waals surface area contributed by atoms with E-state index in [0.717, 1.165) is 19.1 Å². The van der Waals surface area contributed by atoms with Crippen LogP contribution >= 0.6 is 0 Å². The van der Waals surface area contributed by atoms with Gasteiger partial charge in [-0.2, -0.15) is 0 Å². The molecule has 1 aliphatic rings. The Morgan fingerprint density at radius 2 is 1.84 bits per heavy atom. The van der Waals surface area contributed by atoms with Crippen LogP contribution in [-0.4, -0.2) is 24.1 Å². The summed E-state index contributed by atoms with van der Waals surface area (Å²) < 4.78 is 0. The smallest absolute Gasteiger partial charge is 0.224 e. The van der Waals surface area contributed by atoms with Crippen LogP contribution < -0.4 is 11.1 Å². The van der Waals surface area contributed by atoms with Gasteiger partial charge in [0.2, 0.25) is 11.8 Å². The third kappa shape index (κ3) is 4.65. The van der Waals surface area contributed by atoms with Crippen molar-refractivity contribution in [3.05, 3.63) is 0 Å². The highest BCUT2D eigenvalue weighted by atomic mass is 16.2. The van der Waals surface area contributed by atoms with Crippen molar-refractivity contribution < 1.29 is 14.4 Å². The number of primary amides is 1. The predicted molar refractivity (Wildman–Crippen MR) is 72.1 cm³/mol. The molecule has 2 amide bonds. The zero-order valence-corrected chi connectivity index (χ0v) is 11.7. The van der Waals surface area contributed by atoms with E-state index in [1.54, 1.807) is 0 Å². The van der Waals surface area contributed by atoms with Crippen LogP contribution in [0.5, 0.6) is 0 Å². The van der Waals surface area contributed by atoms with E-state index in [-0.39, 0.29) is 17.7 Å². The Kier molecular flexibility index (Phi) is 5.99. The van der Waals surface area contributed by atoms with Crippen molar-refractivity contribution in [2.75, 3.05) is 0 Å². The Labute approximate surface area is 114 Å². The minimum Gasteiger partial charge on any atom is -0.369 e. The van der Waals surface area contributed by atoms with Gasteiger partial charge in [0.25, 0.3) is 0 Å². The van der Waals surface area contributed by atoms with Gasteiger partial charge in [0.05, 0.1) is 6.04 Å². The lowest BCUT2D eigenvalue weighted by Gasteiger charge is -2.29. The minimum absolute atomic E-state index is 0.207. The summed E-state index contributed by atoms with van der Waals surface area (Å²) in [7, 11) is 0. The lowest BCUT2D eigenvalue weighted by Crippen LogP contribution is -2.46. The van der Waals surface area contributed by atoms with Gasteiger partial charge >= 0.3 is 0 Å². The van der Waals surface area contributed by atoms with Crippen LogP contribution in [0.25, 0.3) is 0 Å². The van der Waals surface area contributed by atoms with E-state index < -0.39 is 11.9 Å². The fourth-order valence-corrected chi connectivity index (χ4v) is 2.73. The van der Waals surface area contributed by atoms with Crippen LogP contribution in [0.4, 0.5) is 0 Å². The molecule has 0 radical (unpaired) electrons. The average Bonchev–Trinajstić information content (AvgIpc) is 2.37. The molecule has 5 nitrogen and oxygen atoms in total. The number of rotatable bonds is 6. The molecule has 0 aromatic heterocycles. The van der Waals surface area contributed by atoms with Crippen molar-refractivity contribution in [2.24, 2.45) is 23.5 Å². The number of carbonyl (C=O) groups excluding carboxylic acids is 3. The number of hydrogen-bond donors (Lipinski definition) is 2. The minimum atomic E-state index is -0.469. The molecule has 3 atom stereocenters. The van der Waals surface area contributed by atoms with Gasteiger partial charge in [-0.3, -0.25) is 9.59 Å². The summed E-state index contributed by atoms with van der Waals surface area (Å²) >= 11 is 0. The van der Waals surface area contributed by atoms with Crippen molar-refractivity contribution in [1.82, 2.24) is 5.32 Å². The van der Waals surface area contributed by atoms with Gasteiger partial charge in [0.1, 0.15) is 6.29 Å². The third-order valence-electron chi connectivity index (χ3n) is 3.69. The largest absolute Gasteiger partial charge is 0.369 e. The molecule has 0 bridgehead atoms. The van der Waals surface area contributed by atoms with Gasteiger partial charge in [-0.25, -0.2) is 0 Å². The fourth-order valence-electron chi connectivity index (χ4n) is 2.73. The molecule has 1 aliphatic carbocycles. The number of nitrogens with one attached hydrogen (secondary N) is 1. The van der Waals surface area contributed by atoms with Crippen LogP contribution in [0.15, 0.2) is 0 Å². The monoisotopic (exact) mass is 268 g/mol. The molecule has 5 heteroatoms. The Hall–Kier alpha value is -1.39. The van der Waals surface area contributed by atoms with Gasteiger partial charge in [0.15, 0.2) is 0 Å². The van der Waals surface area contributed by atoms with E-state index in [0.29, 0.717) is 25.2 Å². The summed E-state index contributed by atoms with van der Waals surface area (Å²) in [5, 5.41) is 2.74.